The number of para-hydroxylation sites is 1. The number of benzene rings is 2. The Labute approximate surface area is 127 Å². The summed E-state index contributed by atoms with van der Waals surface area (Å²) in [7, 11) is 3.59. The maximum absolute atomic E-state index is 12.0. The summed E-state index contributed by atoms with van der Waals surface area (Å²) in [5.74, 6) is 0. The Balaban J connectivity index is 1.96. The van der Waals surface area contributed by atoms with Crippen molar-refractivity contribution >= 4 is 21.9 Å². The second kappa shape index (κ2) is 4.56. The van der Waals surface area contributed by atoms with Gasteiger partial charge in [-0.25, -0.2) is 4.79 Å². The van der Waals surface area contributed by atoms with Crippen molar-refractivity contribution in [1.29, 1.82) is 0 Å². The Morgan fingerprint density at radius 3 is 2.50 bits per heavy atom. The molecule has 2 aromatic heterocycles. The molecule has 0 amide bonds. The van der Waals surface area contributed by atoms with E-state index in [9.17, 15) is 4.79 Å². The first-order chi connectivity index (χ1) is 10.6. The van der Waals surface area contributed by atoms with Crippen molar-refractivity contribution in [1.82, 2.24) is 14.1 Å². The number of pyridine rings is 1. The van der Waals surface area contributed by atoms with Crippen LogP contribution in [0.25, 0.3) is 33.1 Å². The van der Waals surface area contributed by atoms with Crippen LogP contribution in [0.15, 0.2) is 59.5 Å². The van der Waals surface area contributed by atoms with Gasteiger partial charge in [-0.1, -0.05) is 24.3 Å². The van der Waals surface area contributed by atoms with Gasteiger partial charge < -0.3 is 0 Å². The number of imidazole rings is 1. The molecule has 0 aliphatic carbocycles. The molecule has 4 nitrogen and oxygen atoms in total. The van der Waals surface area contributed by atoms with Gasteiger partial charge in [0.2, 0.25) is 0 Å². The largest absolute Gasteiger partial charge is 0.328 e. The van der Waals surface area contributed by atoms with E-state index in [0.717, 1.165) is 33.1 Å². The number of fused-ring (bicyclic) bond motifs is 2. The van der Waals surface area contributed by atoms with E-state index in [0.29, 0.717) is 0 Å². The number of hydrogen-bond acceptors (Lipinski definition) is 2. The van der Waals surface area contributed by atoms with Crippen LogP contribution in [-0.2, 0) is 14.1 Å². The highest BCUT2D eigenvalue weighted by Crippen LogP contribution is 2.25. The molecule has 0 N–H and O–H groups in total. The van der Waals surface area contributed by atoms with Gasteiger partial charge in [-0.15, -0.1) is 0 Å². The van der Waals surface area contributed by atoms with Crippen molar-refractivity contribution in [3.63, 3.8) is 0 Å². The number of aryl methyl sites for hydroxylation is 2. The molecule has 2 heterocycles. The third kappa shape index (κ3) is 1.77. The van der Waals surface area contributed by atoms with Gasteiger partial charge in [0.15, 0.2) is 0 Å². The Kier molecular flexibility index (Phi) is 2.66. The smallest absolute Gasteiger partial charge is 0.295 e. The summed E-state index contributed by atoms with van der Waals surface area (Å²) in [5.41, 5.74) is 4.95. The van der Waals surface area contributed by atoms with Crippen molar-refractivity contribution in [3.05, 3.63) is 65.2 Å². The van der Waals surface area contributed by atoms with E-state index in [1.807, 2.05) is 42.6 Å². The molecule has 0 bridgehead atoms. The molecule has 0 radical (unpaired) electrons. The fourth-order valence-electron chi connectivity index (χ4n) is 2.92. The quantitative estimate of drug-likeness (QED) is 0.540. The van der Waals surface area contributed by atoms with Gasteiger partial charge in [0, 0.05) is 31.2 Å². The lowest BCUT2D eigenvalue weighted by Gasteiger charge is -2.05. The molecule has 0 fully saturated rings. The molecule has 2 aromatic carbocycles. The summed E-state index contributed by atoms with van der Waals surface area (Å²) in [5, 5.41) is 1.11. The maximum Gasteiger partial charge on any atom is 0.328 e. The zero-order valence-corrected chi connectivity index (χ0v) is 12.4. The summed E-state index contributed by atoms with van der Waals surface area (Å²) < 4.78 is 3.34. The Morgan fingerprint density at radius 2 is 1.64 bits per heavy atom. The molecule has 0 spiro atoms. The van der Waals surface area contributed by atoms with Gasteiger partial charge in [0.05, 0.1) is 16.6 Å². The molecular weight excluding hydrogens is 274 g/mol. The van der Waals surface area contributed by atoms with E-state index < -0.39 is 0 Å². The van der Waals surface area contributed by atoms with E-state index in [4.69, 9.17) is 0 Å². The van der Waals surface area contributed by atoms with Crippen LogP contribution in [0.2, 0.25) is 0 Å². The summed E-state index contributed by atoms with van der Waals surface area (Å²) >= 11 is 0. The van der Waals surface area contributed by atoms with Gasteiger partial charge in [0.25, 0.3) is 0 Å². The predicted octanol–water partition coefficient (Wildman–Crippen LogP) is 3.09. The third-order valence-corrected chi connectivity index (χ3v) is 4.20. The average Bonchev–Trinajstić information content (AvgIpc) is 2.78. The second-order valence-corrected chi connectivity index (χ2v) is 5.52. The van der Waals surface area contributed by atoms with E-state index in [-0.39, 0.29) is 5.69 Å². The minimum Gasteiger partial charge on any atom is -0.295 e. The summed E-state index contributed by atoms with van der Waals surface area (Å²) in [6, 6.07) is 16.3. The van der Waals surface area contributed by atoms with Crippen LogP contribution in [0.1, 0.15) is 0 Å². The van der Waals surface area contributed by atoms with Crippen molar-refractivity contribution in [3.8, 4) is 11.1 Å². The highest BCUT2D eigenvalue weighted by molar-refractivity contribution is 5.87. The minimum absolute atomic E-state index is 0.0104. The molecule has 0 saturated heterocycles. The third-order valence-electron chi connectivity index (χ3n) is 4.20. The van der Waals surface area contributed by atoms with Crippen LogP contribution in [0.5, 0.6) is 0 Å². The van der Waals surface area contributed by atoms with Gasteiger partial charge >= 0.3 is 5.69 Å². The number of hydrogen-bond donors (Lipinski definition) is 0. The van der Waals surface area contributed by atoms with E-state index >= 15 is 0 Å². The summed E-state index contributed by atoms with van der Waals surface area (Å²) in [6.45, 7) is 0. The molecule has 0 aliphatic rings. The molecule has 4 aromatic rings. The first-order valence-corrected chi connectivity index (χ1v) is 7.16. The van der Waals surface area contributed by atoms with Crippen molar-refractivity contribution in [2.45, 2.75) is 0 Å². The maximum atomic E-state index is 12.0. The topological polar surface area (TPSA) is 39.8 Å². The molecule has 4 heteroatoms. The van der Waals surface area contributed by atoms with E-state index in [1.165, 1.54) is 0 Å². The monoisotopic (exact) mass is 289 g/mol. The molecule has 22 heavy (non-hydrogen) atoms. The minimum atomic E-state index is -0.0104. The lowest BCUT2D eigenvalue weighted by Crippen LogP contribution is -2.19. The average molecular weight is 289 g/mol. The van der Waals surface area contributed by atoms with Crippen LogP contribution in [0, 0.1) is 0 Å². The highest BCUT2D eigenvalue weighted by Gasteiger charge is 2.09. The second-order valence-electron chi connectivity index (χ2n) is 5.52. The number of rotatable bonds is 1. The Bertz CT molecular complexity index is 1070. The molecule has 0 saturated carbocycles. The zero-order chi connectivity index (χ0) is 15.3. The fourth-order valence-corrected chi connectivity index (χ4v) is 2.92. The van der Waals surface area contributed by atoms with Gasteiger partial charge in [-0.3, -0.25) is 14.1 Å². The molecular formula is C18H15N3O. The molecule has 0 unspecified atom stereocenters. The predicted molar refractivity (Wildman–Crippen MR) is 88.9 cm³/mol. The molecule has 0 aliphatic heterocycles. The van der Waals surface area contributed by atoms with Crippen molar-refractivity contribution in [2.75, 3.05) is 0 Å². The standard InChI is InChI=1S/C18H15N3O/c1-20-16-8-7-12(10-17(16)21(2)18(20)22)14-9-13-5-3-4-6-15(13)19-11-14/h3-11H,1-2H3. The first-order valence-electron chi connectivity index (χ1n) is 7.16. The Hall–Kier alpha value is -2.88. The first kappa shape index (κ1) is 12.8. The molecule has 4 rings (SSSR count). The lowest BCUT2D eigenvalue weighted by molar-refractivity contribution is 0.795. The number of nitrogens with zero attached hydrogens (tertiary/aromatic N) is 3. The Morgan fingerprint density at radius 1 is 0.864 bits per heavy atom. The SMILES string of the molecule is Cn1c(=O)n(C)c2cc(-c3cnc4ccccc4c3)ccc21. The van der Waals surface area contributed by atoms with Crippen LogP contribution in [0.3, 0.4) is 0 Å². The lowest BCUT2D eigenvalue weighted by atomic mass is 10.0. The molecule has 0 atom stereocenters. The van der Waals surface area contributed by atoms with Crippen molar-refractivity contribution < 1.29 is 0 Å². The van der Waals surface area contributed by atoms with Crippen LogP contribution >= 0.6 is 0 Å². The zero-order valence-electron chi connectivity index (χ0n) is 12.4. The van der Waals surface area contributed by atoms with Gasteiger partial charge in [-0.2, -0.15) is 0 Å². The highest BCUT2D eigenvalue weighted by atomic mass is 16.1. The number of aromatic nitrogens is 3. The van der Waals surface area contributed by atoms with Gasteiger partial charge in [-0.05, 0) is 29.8 Å². The van der Waals surface area contributed by atoms with Crippen LogP contribution < -0.4 is 5.69 Å². The van der Waals surface area contributed by atoms with Crippen LogP contribution in [0.4, 0.5) is 0 Å². The van der Waals surface area contributed by atoms with Crippen LogP contribution in [-0.4, -0.2) is 14.1 Å². The summed E-state index contributed by atoms with van der Waals surface area (Å²) in [6.07, 6.45) is 1.88. The molecule has 108 valence electrons. The fraction of sp³-hybridized carbons (Fsp3) is 0.111. The van der Waals surface area contributed by atoms with Crippen molar-refractivity contribution in [2.24, 2.45) is 14.1 Å². The van der Waals surface area contributed by atoms with E-state index in [2.05, 4.69) is 17.1 Å². The summed E-state index contributed by atoms with van der Waals surface area (Å²) in [4.78, 5) is 16.5. The normalized spacial score (nSPS) is 11.4. The van der Waals surface area contributed by atoms with E-state index in [1.54, 1.807) is 23.2 Å². The van der Waals surface area contributed by atoms with Gasteiger partial charge in [0.1, 0.15) is 0 Å².